The Bertz CT molecular complexity index is 421. The van der Waals surface area contributed by atoms with Gasteiger partial charge in [-0.15, -0.1) is 0 Å². The quantitative estimate of drug-likeness (QED) is 0.419. The number of carbonyl (C=O) groups is 3. The van der Waals surface area contributed by atoms with Gasteiger partial charge in [-0.25, -0.2) is 9.59 Å². The minimum absolute atomic E-state index is 0.148. The maximum Gasteiger partial charge on any atom is 0.343 e. The second-order valence-corrected chi connectivity index (χ2v) is 3.28. The summed E-state index contributed by atoms with van der Waals surface area (Å²) in [5.41, 5.74) is -0.197. The Morgan fingerprint density at radius 1 is 1.56 bits per heavy atom. The van der Waals surface area contributed by atoms with Gasteiger partial charge in [-0.1, -0.05) is 24.8 Å². The van der Waals surface area contributed by atoms with Crippen molar-refractivity contribution >= 4 is 29.5 Å². The van der Waals surface area contributed by atoms with Gasteiger partial charge in [-0.05, 0) is 0 Å². The van der Waals surface area contributed by atoms with E-state index in [-0.39, 0.29) is 10.6 Å². The third kappa shape index (κ3) is 2.38. The van der Waals surface area contributed by atoms with Gasteiger partial charge >= 0.3 is 17.9 Å². The molecule has 1 aliphatic rings. The largest absolute Gasteiger partial charge is 0.434 e. The highest BCUT2D eigenvalue weighted by Crippen LogP contribution is 2.27. The average Bonchev–Trinajstić information content (AvgIpc) is 2.45. The second-order valence-electron chi connectivity index (χ2n) is 2.79. The Kier molecular flexibility index (Phi) is 3.63. The highest BCUT2D eigenvalue weighted by atomic mass is 35.5. The number of esters is 3. The number of ether oxygens (including phenoxy) is 2. The van der Waals surface area contributed by atoms with Crippen LogP contribution in [0.1, 0.15) is 0 Å². The molecule has 6 heteroatoms. The Morgan fingerprint density at radius 2 is 2.19 bits per heavy atom. The first-order chi connectivity index (χ1) is 7.47. The van der Waals surface area contributed by atoms with Crippen LogP contribution >= 0.6 is 11.6 Å². The highest BCUT2D eigenvalue weighted by Gasteiger charge is 2.37. The molecular weight excluding hydrogens is 236 g/mol. The summed E-state index contributed by atoms with van der Waals surface area (Å²) in [5, 5.41) is -0.148. The van der Waals surface area contributed by atoms with Gasteiger partial charge in [0.05, 0.1) is 11.8 Å². The maximum absolute atomic E-state index is 11.4. The van der Waals surface area contributed by atoms with Crippen molar-refractivity contribution in [3.63, 3.8) is 0 Å². The van der Waals surface area contributed by atoms with Gasteiger partial charge in [0.1, 0.15) is 5.92 Å². The molecular formula is C10H7ClO5. The summed E-state index contributed by atoms with van der Waals surface area (Å²) < 4.78 is 8.71. The molecule has 16 heavy (non-hydrogen) atoms. The molecule has 0 bridgehead atoms. The standard InChI is InChI=1S/C10H7ClO5/c1-3-15-10(14)8(5(2)11)6-4-7(12)16-9(6)13/h3-4,8H,1-2H2. The first-order valence-electron chi connectivity index (χ1n) is 4.10. The van der Waals surface area contributed by atoms with Crippen molar-refractivity contribution in [2.75, 3.05) is 0 Å². The van der Waals surface area contributed by atoms with Crippen LogP contribution in [-0.2, 0) is 23.9 Å². The molecule has 1 aliphatic heterocycles. The van der Waals surface area contributed by atoms with Crippen LogP contribution < -0.4 is 0 Å². The van der Waals surface area contributed by atoms with Crippen LogP contribution in [0, 0.1) is 5.92 Å². The van der Waals surface area contributed by atoms with Gasteiger partial charge in [0.2, 0.25) is 0 Å². The molecule has 0 aliphatic carbocycles. The monoisotopic (exact) mass is 242 g/mol. The fourth-order valence-electron chi connectivity index (χ4n) is 1.14. The fourth-order valence-corrected chi connectivity index (χ4v) is 1.35. The summed E-state index contributed by atoms with van der Waals surface area (Å²) in [6.07, 6.45) is 1.77. The Morgan fingerprint density at radius 3 is 2.56 bits per heavy atom. The van der Waals surface area contributed by atoms with E-state index < -0.39 is 23.8 Å². The van der Waals surface area contributed by atoms with Gasteiger partial charge < -0.3 is 9.47 Å². The molecule has 0 aromatic heterocycles. The van der Waals surface area contributed by atoms with E-state index in [2.05, 4.69) is 22.6 Å². The van der Waals surface area contributed by atoms with E-state index in [1.54, 1.807) is 0 Å². The van der Waals surface area contributed by atoms with Gasteiger partial charge in [-0.3, -0.25) is 4.79 Å². The van der Waals surface area contributed by atoms with E-state index in [9.17, 15) is 14.4 Å². The molecule has 0 aromatic carbocycles. The molecule has 5 nitrogen and oxygen atoms in total. The van der Waals surface area contributed by atoms with Crippen LogP contribution in [0.5, 0.6) is 0 Å². The number of cyclic esters (lactones) is 2. The molecule has 0 spiro atoms. The predicted molar refractivity (Wildman–Crippen MR) is 54.0 cm³/mol. The minimum Gasteiger partial charge on any atom is -0.434 e. The van der Waals surface area contributed by atoms with Crippen molar-refractivity contribution in [3.8, 4) is 0 Å². The van der Waals surface area contributed by atoms with Crippen LogP contribution in [0.15, 0.2) is 36.1 Å². The van der Waals surface area contributed by atoms with Crippen molar-refractivity contribution in [2.45, 2.75) is 0 Å². The van der Waals surface area contributed by atoms with Crippen molar-refractivity contribution in [1.29, 1.82) is 0 Å². The average molecular weight is 243 g/mol. The van der Waals surface area contributed by atoms with Crippen molar-refractivity contribution in [3.05, 3.63) is 36.1 Å². The van der Waals surface area contributed by atoms with E-state index in [1.165, 1.54) is 0 Å². The maximum atomic E-state index is 11.4. The van der Waals surface area contributed by atoms with Crippen LogP contribution in [0.3, 0.4) is 0 Å². The first-order valence-corrected chi connectivity index (χ1v) is 4.48. The molecule has 0 N–H and O–H groups in total. The molecule has 1 rings (SSSR count). The lowest BCUT2D eigenvalue weighted by atomic mass is 9.99. The number of halogens is 1. The molecule has 0 aromatic rings. The second kappa shape index (κ2) is 4.76. The van der Waals surface area contributed by atoms with E-state index in [1.807, 2.05) is 0 Å². The molecule has 0 radical (unpaired) electrons. The fraction of sp³-hybridized carbons (Fsp3) is 0.100. The van der Waals surface area contributed by atoms with Gasteiger partial charge in [0.25, 0.3) is 0 Å². The molecule has 84 valence electrons. The van der Waals surface area contributed by atoms with Gasteiger partial charge in [0.15, 0.2) is 0 Å². The van der Waals surface area contributed by atoms with Crippen LogP contribution in [0.2, 0.25) is 0 Å². The summed E-state index contributed by atoms with van der Waals surface area (Å²) in [4.78, 5) is 33.4. The third-order valence-corrected chi connectivity index (χ3v) is 1.98. The highest BCUT2D eigenvalue weighted by molar-refractivity contribution is 6.32. The van der Waals surface area contributed by atoms with Gasteiger partial charge in [-0.2, -0.15) is 0 Å². The lowest BCUT2D eigenvalue weighted by Crippen LogP contribution is -2.21. The van der Waals surface area contributed by atoms with E-state index in [0.29, 0.717) is 0 Å². The summed E-state index contributed by atoms with van der Waals surface area (Å²) in [6, 6.07) is 0. The summed E-state index contributed by atoms with van der Waals surface area (Å²) in [7, 11) is 0. The van der Waals surface area contributed by atoms with Crippen molar-refractivity contribution in [1.82, 2.24) is 0 Å². The zero-order chi connectivity index (χ0) is 12.3. The molecule has 0 saturated heterocycles. The molecule has 1 unspecified atom stereocenters. The number of hydrogen-bond acceptors (Lipinski definition) is 5. The van der Waals surface area contributed by atoms with E-state index >= 15 is 0 Å². The number of hydrogen-bond donors (Lipinski definition) is 0. The Labute approximate surface area is 96.0 Å². The zero-order valence-corrected chi connectivity index (χ0v) is 8.82. The molecule has 0 amide bonds. The van der Waals surface area contributed by atoms with Crippen LogP contribution in [0.4, 0.5) is 0 Å². The zero-order valence-electron chi connectivity index (χ0n) is 8.07. The smallest absolute Gasteiger partial charge is 0.343 e. The SMILES string of the molecule is C=COC(=O)C(C(=C)Cl)C1=CC(=O)OC1=O. The predicted octanol–water partition coefficient (Wildman–Crippen LogP) is 1.05. The summed E-state index contributed by atoms with van der Waals surface area (Å²) >= 11 is 5.58. The molecule has 1 atom stereocenters. The Balaban J connectivity index is 3.04. The van der Waals surface area contributed by atoms with E-state index in [4.69, 9.17) is 11.6 Å². The first kappa shape index (κ1) is 12.2. The summed E-state index contributed by atoms with van der Waals surface area (Å²) in [5.74, 6) is -3.88. The molecule has 1 heterocycles. The normalized spacial score (nSPS) is 16.2. The number of carbonyl (C=O) groups excluding carboxylic acids is 3. The van der Waals surface area contributed by atoms with Crippen molar-refractivity contribution < 1.29 is 23.9 Å². The minimum atomic E-state index is -1.24. The third-order valence-electron chi connectivity index (χ3n) is 1.76. The lowest BCUT2D eigenvalue weighted by Gasteiger charge is -2.11. The number of rotatable bonds is 4. The molecule has 0 saturated carbocycles. The summed E-state index contributed by atoms with van der Waals surface area (Å²) in [6.45, 7) is 6.52. The van der Waals surface area contributed by atoms with Crippen LogP contribution in [0.25, 0.3) is 0 Å². The Hall–Kier alpha value is -1.88. The molecule has 0 fully saturated rings. The van der Waals surface area contributed by atoms with Crippen molar-refractivity contribution in [2.24, 2.45) is 5.92 Å². The van der Waals surface area contributed by atoms with Crippen LogP contribution in [-0.4, -0.2) is 17.9 Å². The lowest BCUT2D eigenvalue weighted by molar-refractivity contribution is -0.152. The van der Waals surface area contributed by atoms with Gasteiger partial charge in [0, 0.05) is 11.1 Å². The van der Waals surface area contributed by atoms with E-state index in [0.717, 1.165) is 12.3 Å². The topological polar surface area (TPSA) is 69.7 Å².